The predicted octanol–water partition coefficient (Wildman–Crippen LogP) is 2.23. The van der Waals surface area contributed by atoms with E-state index in [2.05, 4.69) is 0 Å². The van der Waals surface area contributed by atoms with Crippen LogP contribution in [0, 0.1) is 5.92 Å². The molecule has 134 valence electrons. The second kappa shape index (κ2) is 6.18. The van der Waals surface area contributed by atoms with Crippen molar-refractivity contribution in [3.05, 3.63) is 52.1 Å². The summed E-state index contributed by atoms with van der Waals surface area (Å²) in [5.74, 6) is -4.05. The standard InChI is InChI=1S/C19H16O7/c1-8(6-14(22)23)5-10-13(21)7-11-16(18(10)25)17(24)9-3-2-4-12(20)15(9)19(11)26/h2-4,7-8,20-21,25H,5-6H2,1H3,(H,22,23). The zero-order valence-electron chi connectivity index (χ0n) is 13.8. The van der Waals surface area contributed by atoms with Gasteiger partial charge in [0.2, 0.25) is 0 Å². The molecule has 0 radical (unpaired) electrons. The van der Waals surface area contributed by atoms with Gasteiger partial charge in [-0.05, 0) is 24.5 Å². The normalized spacial score (nSPS) is 13.9. The molecule has 1 atom stereocenters. The maximum atomic E-state index is 12.8. The lowest BCUT2D eigenvalue weighted by Gasteiger charge is -2.22. The van der Waals surface area contributed by atoms with Gasteiger partial charge in [-0.3, -0.25) is 14.4 Å². The van der Waals surface area contributed by atoms with E-state index in [1.165, 1.54) is 18.2 Å². The predicted molar refractivity (Wildman–Crippen MR) is 89.9 cm³/mol. The van der Waals surface area contributed by atoms with Crippen molar-refractivity contribution in [2.75, 3.05) is 0 Å². The number of phenolic OH excluding ortho intramolecular Hbond substituents is 3. The molecule has 1 unspecified atom stereocenters. The highest BCUT2D eigenvalue weighted by atomic mass is 16.4. The molecule has 0 aromatic heterocycles. The number of hydrogen-bond acceptors (Lipinski definition) is 6. The molecule has 4 N–H and O–H groups in total. The first-order valence-electron chi connectivity index (χ1n) is 7.93. The number of carboxylic acid groups (broad SMARTS) is 1. The third kappa shape index (κ3) is 2.67. The Morgan fingerprint density at radius 1 is 1.00 bits per heavy atom. The minimum Gasteiger partial charge on any atom is -0.508 e. The van der Waals surface area contributed by atoms with Crippen LogP contribution in [0.15, 0.2) is 24.3 Å². The summed E-state index contributed by atoms with van der Waals surface area (Å²) in [5, 5.41) is 39.5. The Morgan fingerprint density at radius 3 is 2.31 bits per heavy atom. The number of rotatable bonds is 4. The number of aromatic hydroxyl groups is 3. The highest BCUT2D eigenvalue weighted by Crippen LogP contribution is 2.42. The molecule has 7 heteroatoms. The van der Waals surface area contributed by atoms with E-state index in [4.69, 9.17) is 5.11 Å². The topological polar surface area (TPSA) is 132 Å². The quantitative estimate of drug-likeness (QED) is 0.563. The van der Waals surface area contributed by atoms with Crippen molar-refractivity contribution < 1.29 is 34.8 Å². The molecule has 0 aliphatic heterocycles. The van der Waals surface area contributed by atoms with Gasteiger partial charge in [0.1, 0.15) is 17.2 Å². The summed E-state index contributed by atoms with van der Waals surface area (Å²) in [6.45, 7) is 1.63. The van der Waals surface area contributed by atoms with Crippen LogP contribution in [0.5, 0.6) is 17.2 Å². The fourth-order valence-electron chi connectivity index (χ4n) is 3.26. The van der Waals surface area contributed by atoms with E-state index >= 15 is 0 Å². The molecule has 2 aromatic carbocycles. The molecule has 0 amide bonds. The smallest absolute Gasteiger partial charge is 0.303 e. The minimum atomic E-state index is -1.02. The molecule has 0 spiro atoms. The molecular formula is C19H16O7. The van der Waals surface area contributed by atoms with Gasteiger partial charge in [-0.15, -0.1) is 0 Å². The van der Waals surface area contributed by atoms with Crippen molar-refractivity contribution in [3.63, 3.8) is 0 Å². The van der Waals surface area contributed by atoms with Crippen LogP contribution < -0.4 is 0 Å². The largest absolute Gasteiger partial charge is 0.508 e. The van der Waals surface area contributed by atoms with Crippen LogP contribution in [-0.4, -0.2) is 38.0 Å². The maximum Gasteiger partial charge on any atom is 0.303 e. The van der Waals surface area contributed by atoms with Crippen molar-refractivity contribution in [1.29, 1.82) is 0 Å². The SMILES string of the molecule is CC(CC(=O)O)Cc1c(O)cc2c(c1O)C(=O)c1cccc(O)c1C2=O. The molecule has 2 aromatic rings. The number of carbonyl (C=O) groups excluding carboxylic acids is 2. The summed E-state index contributed by atoms with van der Waals surface area (Å²) in [4.78, 5) is 36.2. The Kier molecular flexibility index (Phi) is 4.15. The van der Waals surface area contributed by atoms with Crippen LogP contribution in [0.1, 0.15) is 50.8 Å². The Bertz CT molecular complexity index is 959. The monoisotopic (exact) mass is 356 g/mol. The first-order valence-corrected chi connectivity index (χ1v) is 7.93. The van der Waals surface area contributed by atoms with E-state index in [1.54, 1.807) is 6.92 Å². The number of ketones is 2. The fraction of sp³-hybridized carbons (Fsp3) is 0.211. The highest BCUT2D eigenvalue weighted by molar-refractivity contribution is 6.30. The summed E-state index contributed by atoms with van der Waals surface area (Å²) in [6, 6.07) is 5.14. The van der Waals surface area contributed by atoms with Gasteiger partial charge in [0.25, 0.3) is 0 Å². The number of hydrogen-bond donors (Lipinski definition) is 4. The average Bonchev–Trinajstić information content (AvgIpc) is 2.55. The van der Waals surface area contributed by atoms with Crippen LogP contribution >= 0.6 is 0 Å². The van der Waals surface area contributed by atoms with Crippen LogP contribution in [0.4, 0.5) is 0 Å². The lowest BCUT2D eigenvalue weighted by Crippen LogP contribution is -2.22. The van der Waals surface area contributed by atoms with Crippen LogP contribution in [0.3, 0.4) is 0 Å². The van der Waals surface area contributed by atoms with Crippen molar-refractivity contribution in [2.24, 2.45) is 5.92 Å². The molecule has 0 saturated carbocycles. The van der Waals surface area contributed by atoms with E-state index in [-0.39, 0.29) is 46.4 Å². The van der Waals surface area contributed by atoms with Crippen LogP contribution in [0.25, 0.3) is 0 Å². The number of aliphatic carboxylic acids is 1. The summed E-state index contributed by atoms with van der Waals surface area (Å²) in [5.41, 5.74) is -0.636. The van der Waals surface area contributed by atoms with Crippen molar-refractivity contribution in [1.82, 2.24) is 0 Å². The van der Waals surface area contributed by atoms with E-state index in [1.807, 2.05) is 0 Å². The molecule has 7 nitrogen and oxygen atoms in total. The first kappa shape index (κ1) is 17.5. The zero-order chi connectivity index (χ0) is 19.2. The van der Waals surface area contributed by atoms with Crippen molar-refractivity contribution in [3.8, 4) is 17.2 Å². The average molecular weight is 356 g/mol. The van der Waals surface area contributed by atoms with Gasteiger partial charge in [0.15, 0.2) is 11.6 Å². The third-order valence-corrected chi connectivity index (χ3v) is 4.44. The van der Waals surface area contributed by atoms with Crippen LogP contribution in [-0.2, 0) is 11.2 Å². The zero-order valence-corrected chi connectivity index (χ0v) is 13.8. The number of phenols is 3. The molecule has 26 heavy (non-hydrogen) atoms. The summed E-state index contributed by atoms with van der Waals surface area (Å²) >= 11 is 0. The second-order valence-corrected chi connectivity index (χ2v) is 6.41. The molecule has 1 aliphatic rings. The van der Waals surface area contributed by atoms with E-state index < -0.39 is 35.0 Å². The maximum absolute atomic E-state index is 12.8. The van der Waals surface area contributed by atoms with E-state index in [0.29, 0.717) is 0 Å². The Morgan fingerprint density at radius 2 is 1.65 bits per heavy atom. The molecular weight excluding hydrogens is 340 g/mol. The van der Waals surface area contributed by atoms with Crippen molar-refractivity contribution in [2.45, 2.75) is 19.8 Å². The molecule has 0 heterocycles. The number of fused-ring (bicyclic) bond motifs is 2. The Labute approximate surface area is 148 Å². The summed E-state index contributed by atoms with van der Waals surface area (Å²) < 4.78 is 0. The van der Waals surface area contributed by atoms with Gasteiger partial charge >= 0.3 is 5.97 Å². The first-order chi connectivity index (χ1) is 12.2. The number of benzene rings is 2. The minimum absolute atomic E-state index is 0.0160. The van der Waals surface area contributed by atoms with Crippen molar-refractivity contribution >= 4 is 17.5 Å². The highest BCUT2D eigenvalue weighted by Gasteiger charge is 2.36. The molecule has 3 rings (SSSR count). The summed E-state index contributed by atoms with van der Waals surface area (Å²) in [7, 11) is 0. The van der Waals surface area contributed by atoms with Crippen LogP contribution in [0.2, 0.25) is 0 Å². The van der Waals surface area contributed by atoms with Gasteiger partial charge in [-0.1, -0.05) is 19.1 Å². The van der Waals surface area contributed by atoms with Gasteiger partial charge in [-0.2, -0.15) is 0 Å². The lowest BCUT2D eigenvalue weighted by molar-refractivity contribution is -0.137. The second-order valence-electron chi connectivity index (χ2n) is 6.41. The van der Waals surface area contributed by atoms with E-state index in [0.717, 1.165) is 6.07 Å². The van der Waals surface area contributed by atoms with E-state index in [9.17, 15) is 29.7 Å². The number of carbonyl (C=O) groups is 3. The number of carboxylic acids is 1. The Balaban J connectivity index is 2.14. The fourth-order valence-corrected chi connectivity index (χ4v) is 3.26. The molecule has 1 aliphatic carbocycles. The molecule has 0 fully saturated rings. The molecule has 0 saturated heterocycles. The molecule has 0 bridgehead atoms. The lowest BCUT2D eigenvalue weighted by atomic mass is 9.81. The third-order valence-electron chi connectivity index (χ3n) is 4.44. The van der Waals surface area contributed by atoms with Gasteiger partial charge in [-0.25, -0.2) is 0 Å². The summed E-state index contributed by atoms with van der Waals surface area (Å²) in [6.07, 6.45) is -0.162. The van der Waals surface area contributed by atoms with Gasteiger partial charge < -0.3 is 20.4 Å². The Hall–Kier alpha value is -3.35. The van der Waals surface area contributed by atoms with Gasteiger partial charge in [0, 0.05) is 23.1 Å². The van der Waals surface area contributed by atoms with Gasteiger partial charge in [0.05, 0.1) is 11.1 Å².